The Kier molecular flexibility index (Phi) is 5.76. The molecule has 30 heavy (non-hydrogen) atoms. The summed E-state index contributed by atoms with van der Waals surface area (Å²) in [6.07, 6.45) is 9.10. The van der Waals surface area contributed by atoms with Gasteiger partial charge in [0.2, 0.25) is 0 Å². The predicted molar refractivity (Wildman–Crippen MR) is 115 cm³/mol. The summed E-state index contributed by atoms with van der Waals surface area (Å²) in [5, 5.41) is 23.6. The molecule has 0 spiro atoms. The van der Waals surface area contributed by atoms with Crippen molar-refractivity contribution in [2.75, 3.05) is 6.54 Å². The van der Waals surface area contributed by atoms with Crippen molar-refractivity contribution in [2.45, 2.75) is 48.7 Å². The minimum atomic E-state index is -3.50. The van der Waals surface area contributed by atoms with E-state index in [2.05, 4.69) is 5.10 Å². The largest absolute Gasteiger partial charge is 0.393 e. The van der Waals surface area contributed by atoms with Gasteiger partial charge in [-0.25, -0.2) is 13.1 Å². The second-order valence-corrected chi connectivity index (χ2v) is 10.3. The normalized spacial score (nSPS) is 23.9. The SMILES string of the molecule is CCCN1C=C(n2cc(-c3ccc(S(=O)(=O)C4CC(O)C4)cc3Cl)cn2)C=CC1O. The number of halogens is 1. The van der Waals surface area contributed by atoms with Crippen LogP contribution in [-0.4, -0.2) is 57.4 Å². The first-order valence-corrected chi connectivity index (χ1v) is 11.8. The van der Waals surface area contributed by atoms with Crippen molar-refractivity contribution in [3.05, 3.63) is 54.0 Å². The molecule has 160 valence electrons. The summed E-state index contributed by atoms with van der Waals surface area (Å²) < 4.78 is 27.0. The molecule has 4 rings (SSSR count). The second kappa shape index (κ2) is 8.19. The van der Waals surface area contributed by atoms with Crippen molar-refractivity contribution in [2.24, 2.45) is 0 Å². The summed E-state index contributed by atoms with van der Waals surface area (Å²) in [6.45, 7) is 2.77. The summed E-state index contributed by atoms with van der Waals surface area (Å²) in [5.41, 5.74) is 2.24. The lowest BCUT2D eigenvalue weighted by Crippen LogP contribution is -2.39. The fourth-order valence-electron chi connectivity index (χ4n) is 3.67. The van der Waals surface area contributed by atoms with E-state index in [0.717, 1.165) is 24.2 Å². The Balaban J connectivity index is 1.58. The molecule has 0 bridgehead atoms. The Hall–Kier alpha value is -2.13. The summed E-state index contributed by atoms with van der Waals surface area (Å²) in [6, 6.07) is 4.70. The van der Waals surface area contributed by atoms with Gasteiger partial charge in [-0.3, -0.25) is 0 Å². The lowest BCUT2D eigenvalue weighted by Gasteiger charge is -2.30. The van der Waals surface area contributed by atoms with E-state index < -0.39 is 27.4 Å². The molecule has 2 N–H and O–H groups in total. The van der Waals surface area contributed by atoms with E-state index in [9.17, 15) is 18.6 Å². The quantitative estimate of drug-likeness (QED) is 0.704. The molecule has 0 saturated heterocycles. The molecule has 1 unspecified atom stereocenters. The Bertz CT molecular complexity index is 1100. The molecule has 7 nitrogen and oxygen atoms in total. The second-order valence-electron chi connectivity index (χ2n) is 7.67. The first-order valence-electron chi connectivity index (χ1n) is 9.90. The Labute approximate surface area is 180 Å². The lowest BCUT2D eigenvalue weighted by atomic mass is 9.96. The number of sulfone groups is 1. The smallest absolute Gasteiger partial charge is 0.181 e. The molecule has 2 aliphatic rings. The maximum absolute atomic E-state index is 12.7. The monoisotopic (exact) mass is 449 g/mol. The summed E-state index contributed by atoms with van der Waals surface area (Å²) in [4.78, 5) is 2.00. The van der Waals surface area contributed by atoms with Crippen molar-refractivity contribution in [1.29, 1.82) is 0 Å². The number of benzene rings is 1. The van der Waals surface area contributed by atoms with Crippen molar-refractivity contribution in [3.8, 4) is 11.1 Å². The molecule has 1 saturated carbocycles. The standard InChI is InChI=1S/C21H24ClN3O4S/c1-2-7-24-13-15(3-6-21(24)27)25-12-14(11-23-25)19-5-4-17(10-20(19)22)30(28,29)18-8-16(26)9-18/h3-6,10-13,16,18,21,26-27H,2,7-9H2,1H3. The maximum Gasteiger partial charge on any atom is 0.181 e. The molecule has 2 aromatic rings. The average molecular weight is 450 g/mol. The van der Waals surface area contributed by atoms with Crippen LogP contribution in [0.5, 0.6) is 0 Å². The Morgan fingerprint density at radius 1 is 1.27 bits per heavy atom. The van der Waals surface area contributed by atoms with Crippen LogP contribution in [-0.2, 0) is 9.84 Å². The molecule has 1 aliphatic carbocycles. The van der Waals surface area contributed by atoms with Crippen molar-refractivity contribution in [1.82, 2.24) is 14.7 Å². The minimum absolute atomic E-state index is 0.169. The van der Waals surface area contributed by atoms with Gasteiger partial charge in [-0.1, -0.05) is 24.6 Å². The lowest BCUT2D eigenvalue weighted by molar-refractivity contribution is 0.0780. The van der Waals surface area contributed by atoms with Gasteiger partial charge in [0.1, 0.15) is 6.23 Å². The fraction of sp³-hybridized carbons (Fsp3) is 0.381. The number of hydrogen-bond donors (Lipinski definition) is 2. The number of hydrogen-bond acceptors (Lipinski definition) is 6. The van der Waals surface area contributed by atoms with Gasteiger partial charge < -0.3 is 15.1 Å². The average Bonchev–Trinajstić information content (AvgIpc) is 3.17. The van der Waals surface area contributed by atoms with E-state index in [4.69, 9.17) is 11.6 Å². The molecule has 9 heteroatoms. The van der Waals surface area contributed by atoms with Crippen LogP contribution in [0.2, 0.25) is 5.02 Å². The minimum Gasteiger partial charge on any atom is -0.393 e. The van der Waals surface area contributed by atoms with Gasteiger partial charge in [-0.05, 0) is 43.5 Å². The first kappa shape index (κ1) is 21.1. The van der Waals surface area contributed by atoms with Crippen molar-refractivity contribution >= 4 is 27.1 Å². The van der Waals surface area contributed by atoms with Gasteiger partial charge in [0.15, 0.2) is 9.84 Å². The maximum atomic E-state index is 12.7. The molecule has 1 fully saturated rings. The van der Waals surface area contributed by atoms with Crippen LogP contribution < -0.4 is 0 Å². The fourth-order valence-corrected chi connectivity index (χ4v) is 5.90. The van der Waals surface area contributed by atoms with Gasteiger partial charge in [0.25, 0.3) is 0 Å². The number of aliphatic hydroxyl groups excluding tert-OH is 2. The highest BCUT2D eigenvalue weighted by molar-refractivity contribution is 7.92. The van der Waals surface area contributed by atoms with Crippen LogP contribution in [0.25, 0.3) is 16.8 Å². The Morgan fingerprint density at radius 2 is 2.03 bits per heavy atom. The highest BCUT2D eigenvalue weighted by atomic mass is 35.5. The number of allylic oxidation sites excluding steroid dienone is 2. The molecule has 0 radical (unpaired) electrons. The van der Waals surface area contributed by atoms with E-state index in [1.165, 1.54) is 6.07 Å². The zero-order chi connectivity index (χ0) is 21.5. The Morgan fingerprint density at radius 3 is 2.70 bits per heavy atom. The van der Waals surface area contributed by atoms with Crippen molar-refractivity contribution < 1.29 is 18.6 Å². The summed E-state index contributed by atoms with van der Waals surface area (Å²) in [7, 11) is -3.50. The first-order chi connectivity index (χ1) is 14.3. The van der Waals surface area contributed by atoms with E-state index in [-0.39, 0.29) is 17.7 Å². The highest BCUT2D eigenvalue weighted by Gasteiger charge is 2.38. The third-order valence-corrected chi connectivity index (χ3v) is 7.98. The van der Waals surface area contributed by atoms with Gasteiger partial charge in [-0.15, -0.1) is 0 Å². The van der Waals surface area contributed by atoms with Gasteiger partial charge >= 0.3 is 0 Å². The molecule has 1 aliphatic heterocycles. The summed E-state index contributed by atoms with van der Waals surface area (Å²) in [5.74, 6) is 0. The highest BCUT2D eigenvalue weighted by Crippen LogP contribution is 2.35. The molecule has 2 heterocycles. The third kappa shape index (κ3) is 3.92. The number of rotatable bonds is 6. The van der Waals surface area contributed by atoms with E-state index in [0.29, 0.717) is 10.6 Å². The van der Waals surface area contributed by atoms with E-state index in [1.807, 2.05) is 24.2 Å². The van der Waals surface area contributed by atoms with Gasteiger partial charge in [0, 0.05) is 35.1 Å². The van der Waals surface area contributed by atoms with Gasteiger partial charge in [-0.2, -0.15) is 5.10 Å². The third-order valence-electron chi connectivity index (χ3n) is 5.49. The zero-order valence-electron chi connectivity index (χ0n) is 16.5. The van der Waals surface area contributed by atoms with Crippen LogP contribution in [0.4, 0.5) is 0 Å². The van der Waals surface area contributed by atoms with Crippen LogP contribution in [0.3, 0.4) is 0 Å². The topological polar surface area (TPSA) is 95.7 Å². The number of aromatic nitrogens is 2. The molecule has 1 atom stereocenters. The number of nitrogens with zero attached hydrogens (tertiary/aromatic N) is 3. The molecule has 0 amide bonds. The van der Waals surface area contributed by atoms with Gasteiger partial charge in [0.05, 0.1) is 28.1 Å². The van der Waals surface area contributed by atoms with Crippen LogP contribution in [0.1, 0.15) is 26.2 Å². The zero-order valence-corrected chi connectivity index (χ0v) is 18.1. The van der Waals surface area contributed by atoms with Crippen molar-refractivity contribution in [3.63, 3.8) is 0 Å². The van der Waals surface area contributed by atoms with Crippen LogP contribution >= 0.6 is 11.6 Å². The van der Waals surface area contributed by atoms with Crippen LogP contribution in [0.15, 0.2) is 53.8 Å². The number of aliphatic hydroxyl groups is 2. The molecule has 1 aromatic heterocycles. The summed E-state index contributed by atoms with van der Waals surface area (Å²) >= 11 is 6.42. The van der Waals surface area contributed by atoms with Crippen LogP contribution in [0, 0.1) is 0 Å². The van der Waals surface area contributed by atoms with E-state index >= 15 is 0 Å². The molecule has 1 aromatic carbocycles. The predicted octanol–water partition coefficient (Wildman–Crippen LogP) is 2.90. The molecular weight excluding hydrogens is 426 g/mol. The molecular formula is C21H24ClN3O4S. The van der Waals surface area contributed by atoms with E-state index in [1.54, 1.807) is 35.2 Å².